The largest absolute Gasteiger partial charge is 0.433 e. The second-order valence-electron chi connectivity index (χ2n) is 7.44. The number of imidazole rings is 1. The lowest BCUT2D eigenvalue weighted by Crippen LogP contribution is -2.11. The summed E-state index contributed by atoms with van der Waals surface area (Å²) in [6, 6.07) is 7.24. The van der Waals surface area contributed by atoms with Gasteiger partial charge in [0.1, 0.15) is 11.5 Å². The van der Waals surface area contributed by atoms with Gasteiger partial charge >= 0.3 is 6.18 Å². The molecule has 0 radical (unpaired) electrons. The molecular formula is C20H22F3N3S. The number of alkyl halides is 3. The molecular weight excluding hydrogens is 371 g/mol. The van der Waals surface area contributed by atoms with Gasteiger partial charge in [0.15, 0.2) is 0 Å². The molecule has 0 N–H and O–H groups in total. The summed E-state index contributed by atoms with van der Waals surface area (Å²) in [7, 11) is 1.80. The summed E-state index contributed by atoms with van der Waals surface area (Å²) in [5, 5.41) is 0. The van der Waals surface area contributed by atoms with E-state index in [2.05, 4.69) is 49.8 Å². The minimum absolute atomic E-state index is 0.0134. The average Bonchev–Trinajstić information content (AvgIpc) is 2.90. The number of hydrogen-bond acceptors (Lipinski definition) is 3. The molecule has 0 saturated heterocycles. The molecule has 3 aromatic rings. The molecule has 0 unspecified atom stereocenters. The summed E-state index contributed by atoms with van der Waals surface area (Å²) in [5.41, 5.74) is 2.09. The van der Waals surface area contributed by atoms with Crippen LogP contribution in [0.3, 0.4) is 0 Å². The van der Waals surface area contributed by atoms with E-state index in [9.17, 15) is 13.2 Å². The monoisotopic (exact) mass is 393 g/mol. The Hall–Kier alpha value is -2.02. The van der Waals surface area contributed by atoms with E-state index in [1.807, 2.05) is 6.07 Å². The first-order valence-electron chi connectivity index (χ1n) is 8.69. The van der Waals surface area contributed by atoms with Gasteiger partial charge in [-0.2, -0.15) is 13.2 Å². The van der Waals surface area contributed by atoms with Crippen LogP contribution < -0.4 is 0 Å². The molecule has 0 amide bonds. The van der Waals surface area contributed by atoms with Gasteiger partial charge in [-0.15, -0.1) is 11.8 Å². The zero-order valence-corrected chi connectivity index (χ0v) is 16.8. The van der Waals surface area contributed by atoms with Crippen molar-refractivity contribution in [1.82, 2.24) is 14.5 Å². The van der Waals surface area contributed by atoms with Gasteiger partial charge in [0.05, 0.1) is 17.2 Å². The molecule has 3 rings (SSSR count). The van der Waals surface area contributed by atoms with E-state index in [1.165, 1.54) is 11.8 Å². The van der Waals surface area contributed by atoms with Crippen molar-refractivity contribution >= 4 is 22.8 Å². The van der Waals surface area contributed by atoms with E-state index in [0.717, 1.165) is 22.3 Å². The zero-order valence-electron chi connectivity index (χ0n) is 16.0. The maximum absolute atomic E-state index is 13.0. The van der Waals surface area contributed by atoms with Gasteiger partial charge in [0, 0.05) is 17.5 Å². The number of aromatic nitrogens is 3. The van der Waals surface area contributed by atoms with Crippen molar-refractivity contribution in [1.29, 1.82) is 0 Å². The molecule has 2 aromatic heterocycles. The summed E-state index contributed by atoms with van der Waals surface area (Å²) in [4.78, 5) is 9.14. The van der Waals surface area contributed by atoms with Gasteiger partial charge in [0.25, 0.3) is 0 Å². The molecule has 3 nitrogen and oxygen atoms in total. The normalized spacial score (nSPS) is 12.7. The van der Waals surface area contributed by atoms with E-state index in [1.54, 1.807) is 23.4 Å². The molecule has 144 valence electrons. The SMILES string of the molecule is CCSc1cc(C(C)(C)C)ccc1-c1nc2cc(C(F)(F)F)ncc2n1C. The number of benzene rings is 1. The lowest BCUT2D eigenvalue weighted by Gasteiger charge is -2.21. The van der Waals surface area contributed by atoms with Crippen LogP contribution in [0.4, 0.5) is 13.2 Å². The number of pyridine rings is 1. The molecule has 0 bridgehead atoms. The molecule has 1 aromatic carbocycles. The van der Waals surface area contributed by atoms with E-state index in [0.29, 0.717) is 16.9 Å². The summed E-state index contributed by atoms with van der Waals surface area (Å²) >= 11 is 1.70. The molecule has 0 aliphatic rings. The quantitative estimate of drug-likeness (QED) is 0.507. The molecule has 0 aliphatic carbocycles. The summed E-state index contributed by atoms with van der Waals surface area (Å²) in [6.45, 7) is 8.54. The number of hydrogen-bond donors (Lipinski definition) is 0. The first-order chi connectivity index (χ1) is 12.5. The molecule has 0 aliphatic heterocycles. The fourth-order valence-corrected chi connectivity index (χ4v) is 3.77. The van der Waals surface area contributed by atoms with Gasteiger partial charge in [0.2, 0.25) is 0 Å². The van der Waals surface area contributed by atoms with E-state index in [4.69, 9.17) is 0 Å². The Kier molecular flexibility index (Phi) is 5.01. The first kappa shape index (κ1) is 19.7. The fourth-order valence-electron chi connectivity index (χ4n) is 2.93. The highest BCUT2D eigenvalue weighted by atomic mass is 32.2. The number of halogens is 3. The minimum atomic E-state index is -4.48. The Labute approximate surface area is 161 Å². The lowest BCUT2D eigenvalue weighted by molar-refractivity contribution is -0.141. The van der Waals surface area contributed by atoms with E-state index >= 15 is 0 Å². The Balaban J connectivity index is 2.18. The summed E-state index contributed by atoms with van der Waals surface area (Å²) in [6.07, 6.45) is -3.24. The average molecular weight is 393 g/mol. The van der Waals surface area contributed by atoms with Gasteiger partial charge < -0.3 is 4.57 Å². The van der Waals surface area contributed by atoms with Gasteiger partial charge in [-0.25, -0.2) is 9.97 Å². The molecule has 2 heterocycles. The van der Waals surface area contributed by atoms with Crippen molar-refractivity contribution in [3.8, 4) is 11.4 Å². The third kappa shape index (κ3) is 3.83. The topological polar surface area (TPSA) is 30.7 Å². The Morgan fingerprint density at radius 3 is 2.41 bits per heavy atom. The number of fused-ring (bicyclic) bond motifs is 1. The van der Waals surface area contributed by atoms with Crippen LogP contribution in [0.1, 0.15) is 39.0 Å². The molecule has 27 heavy (non-hydrogen) atoms. The third-order valence-corrected chi connectivity index (χ3v) is 5.38. The maximum atomic E-state index is 13.0. The Morgan fingerprint density at radius 1 is 1.11 bits per heavy atom. The van der Waals surface area contributed by atoms with Crippen molar-refractivity contribution < 1.29 is 13.2 Å². The molecule has 0 atom stereocenters. The number of thioether (sulfide) groups is 1. The maximum Gasteiger partial charge on any atom is 0.433 e. The second-order valence-corrected chi connectivity index (χ2v) is 8.75. The van der Waals surface area contributed by atoms with Crippen molar-refractivity contribution in [2.45, 2.75) is 44.2 Å². The highest BCUT2D eigenvalue weighted by molar-refractivity contribution is 7.99. The molecule has 0 spiro atoms. The van der Waals surface area contributed by atoms with Gasteiger partial charge in [-0.05, 0) is 34.9 Å². The van der Waals surface area contributed by atoms with Crippen LogP contribution in [0.25, 0.3) is 22.4 Å². The zero-order chi connectivity index (χ0) is 20.0. The Bertz CT molecular complexity index is 985. The van der Waals surface area contributed by atoms with E-state index < -0.39 is 11.9 Å². The first-order valence-corrected chi connectivity index (χ1v) is 9.68. The summed E-state index contributed by atoms with van der Waals surface area (Å²) < 4.78 is 40.7. The number of nitrogens with zero attached hydrogens (tertiary/aromatic N) is 3. The molecule has 0 fully saturated rings. The van der Waals surface area contributed by atoms with Crippen LogP contribution in [-0.4, -0.2) is 20.3 Å². The van der Waals surface area contributed by atoms with Crippen LogP contribution in [0.2, 0.25) is 0 Å². The smallest absolute Gasteiger partial charge is 0.326 e. The second kappa shape index (κ2) is 6.86. The summed E-state index contributed by atoms with van der Waals surface area (Å²) in [5.74, 6) is 1.53. The standard InChI is InChI=1S/C20H22F3N3S/c1-6-27-16-9-12(19(2,3)4)7-8-13(16)18-25-14-10-17(20(21,22)23)24-11-15(14)26(18)5/h7-11H,6H2,1-5H3. The predicted octanol–water partition coefficient (Wildman–Crippen LogP) is 6.06. The number of rotatable bonds is 3. The lowest BCUT2D eigenvalue weighted by atomic mass is 9.86. The highest BCUT2D eigenvalue weighted by Crippen LogP contribution is 2.37. The van der Waals surface area contributed by atoms with Crippen molar-refractivity contribution in [2.24, 2.45) is 7.05 Å². The van der Waals surface area contributed by atoms with E-state index in [-0.39, 0.29) is 5.41 Å². The fraction of sp³-hybridized carbons (Fsp3) is 0.400. The van der Waals surface area contributed by atoms with Crippen LogP contribution in [0.5, 0.6) is 0 Å². The van der Waals surface area contributed by atoms with Crippen molar-refractivity contribution in [3.05, 3.63) is 41.7 Å². The molecule has 7 heteroatoms. The van der Waals surface area contributed by atoms with Gasteiger partial charge in [-0.1, -0.05) is 33.8 Å². The Morgan fingerprint density at radius 2 is 1.81 bits per heavy atom. The predicted molar refractivity (Wildman–Crippen MR) is 104 cm³/mol. The van der Waals surface area contributed by atoms with Crippen molar-refractivity contribution in [2.75, 3.05) is 5.75 Å². The van der Waals surface area contributed by atoms with Crippen LogP contribution in [0.15, 0.2) is 35.4 Å². The minimum Gasteiger partial charge on any atom is -0.326 e. The van der Waals surface area contributed by atoms with Crippen molar-refractivity contribution in [3.63, 3.8) is 0 Å². The molecule has 0 saturated carbocycles. The van der Waals surface area contributed by atoms with Crippen LogP contribution >= 0.6 is 11.8 Å². The van der Waals surface area contributed by atoms with Crippen LogP contribution in [-0.2, 0) is 18.6 Å². The third-order valence-electron chi connectivity index (χ3n) is 4.45. The van der Waals surface area contributed by atoms with Gasteiger partial charge in [-0.3, -0.25) is 0 Å². The van der Waals surface area contributed by atoms with Crippen LogP contribution in [0, 0.1) is 0 Å². The number of aryl methyl sites for hydroxylation is 1. The highest BCUT2D eigenvalue weighted by Gasteiger charge is 2.33.